The van der Waals surface area contributed by atoms with E-state index in [1.54, 1.807) is 6.08 Å². The Balaban J connectivity index is 0.000000806. The first-order valence-corrected chi connectivity index (χ1v) is 13.0. The van der Waals surface area contributed by atoms with Crippen LogP contribution in [-0.4, -0.2) is 51.9 Å². The molecule has 0 bridgehead atoms. The van der Waals surface area contributed by atoms with Crippen molar-refractivity contribution in [3.63, 3.8) is 0 Å². The van der Waals surface area contributed by atoms with Crippen molar-refractivity contribution < 1.29 is 14.6 Å². The molecule has 5 unspecified atom stereocenters. The number of hydrogen-bond acceptors (Lipinski definition) is 5. The molecule has 6 atom stereocenters. The largest absolute Gasteiger partial charge is 0.393 e. The fraction of sp³-hybridized carbons (Fsp3) is 0.607. The molecule has 6 N–H and O–H groups in total. The average Bonchev–Trinajstić information content (AvgIpc) is 3.34. The first-order chi connectivity index (χ1) is 16.6. The second-order valence-electron chi connectivity index (χ2n) is 11.4. The predicted octanol–water partition coefficient (Wildman–Crippen LogP) is 4.50. The van der Waals surface area contributed by atoms with E-state index in [9.17, 15) is 10.2 Å². The number of H-pyrrole nitrogens is 1. The van der Waals surface area contributed by atoms with Crippen LogP contribution in [0.25, 0.3) is 16.5 Å². The lowest BCUT2D eigenvalue weighted by Crippen LogP contribution is -2.61. The Morgan fingerprint density at radius 1 is 1.17 bits per heavy atom. The van der Waals surface area contributed by atoms with Crippen LogP contribution >= 0.6 is 0 Å². The third-order valence-electron chi connectivity index (χ3n) is 9.28. The number of benzene rings is 1. The molecule has 2 aromatic rings. The summed E-state index contributed by atoms with van der Waals surface area (Å²) in [5, 5.41) is 33.0. The number of aliphatic hydroxyl groups excluding tert-OH is 1. The minimum absolute atomic E-state index is 0.173. The Bertz CT molecular complexity index is 1170. The summed E-state index contributed by atoms with van der Waals surface area (Å²) in [5.41, 5.74) is 6.72. The summed E-state index contributed by atoms with van der Waals surface area (Å²) >= 11 is 0. The number of nitrogens with two attached hydrogens (primary N) is 1. The minimum atomic E-state index is -1.73. The molecule has 1 aromatic carbocycles. The normalized spacial score (nSPS) is 38.3. The van der Waals surface area contributed by atoms with Gasteiger partial charge in [0.2, 0.25) is 0 Å². The first kappa shape index (κ1) is 24.5. The lowest BCUT2D eigenvalue weighted by molar-refractivity contribution is -0.172. The molecule has 2 saturated carbocycles. The molecule has 0 amide bonds. The van der Waals surface area contributed by atoms with Crippen molar-refractivity contribution in [3.05, 3.63) is 41.5 Å². The van der Waals surface area contributed by atoms with E-state index in [1.807, 2.05) is 20.2 Å². The smallest absolute Gasteiger partial charge is 0.158 e. The van der Waals surface area contributed by atoms with E-state index in [-0.39, 0.29) is 23.4 Å². The molecule has 1 aromatic heterocycles. The number of allylic oxidation sites excluding steroid dienone is 2. The summed E-state index contributed by atoms with van der Waals surface area (Å²) in [6, 6.07) is 6.13. The van der Waals surface area contributed by atoms with Gasteiger partial charge < -0.3 is 21.3 Å². The van der Waals surface area contributed by atoms with Crippen LogP contribution in [0.15, 0.2) is 35.9 Å². The third-order valence-corrected chi connectivity index (χ3v) is 9.28. The van der Waals surface area contributed by atoms with Gasteiger partial charge in [-0.2, -0.15) is 5.10 Å². The van der Waals surface area contributed by atoms with Crippen LogP contribution in [0.5, 0.6) is 0 Å². The van der Waals surface area contributed by atoms with Gasteiger partial charge in [0.25, 0.3) is 0 Å². The van der Waals surface area contributed by atoms with Gasteiger partial charge in [0.05, 0.1) is 11.6 Å². The maximum Gasteiger partial charge on any atom is 0.158 e. The second kappa shape index (κ2) is 8.71. The summed E-state index contributed by atoms with van der Waals surface area (Å²) in [4.78, 5) is 0. The molecule has 35 heavy (non-hydrogen) atoms. The number of aromatic nitrogens is 2. The molecule has 0 saturated heterocycles. The Morgan fingerprint density at radius 3 is 2.71 bits per heavy atom. The van der Waals surface area contributed by atoms with E-state index < -0.39 is 11.3 Å². The fourth-order valence-corrected chi connectivity index (χ4v) is 7.44. The van der Waals surface area contributed by atoms with Crippen LogP contribution in [0.1, 0.15) is 63.9 Å². The number of fused-ring (bicyclic) bond motifs is 5. The Kier molecular flexibility index (Phi) is 6.09. The van der Waals surface area contributed by atoms with Gasteiger partial charge >= 0.3 is 0 Å². The Labute approximate surface area is 206 Å². The molecule has 6 rings (SSSR count). The molecule has 2 fully saturated rings. The highest BCUT2D eigenvalue weighted by molar-refractivity contribution is 5.91. The van der Waals surface area contributed by atoms with E-state index in [2.05, 4.69) is 40.6 Å². The van der Waals surface area contributed by atoms with Crippen LogP contribution in [-0.2, 0) is 0 Å². The number of anilines is 1. The number of hydrogen-bond donors (Lipinski definition) is 5. The van der Waals surface area contributed by atoms with Gasteiger partial charge in [-0.05, 0) is 106 Å². The van der Waals surface area contributed by atoms with Gasteiger partial charge in [-0.3, -0.25) is 5.10 Å². The second-order valence-corrected chi connectivity index (χ2v) is 11.4. The summed E-state index contributed by atoms with van der Waals surface area (Å²) in [6.07, 6.45) is 8.70. The van der Waals surface area contributed by atoms with Gasteiger partial charge in [0.15, 0.2) is 11.5 Å². The summed E-state index contributed by atoms with van der Waals surface area (Å²) in [6.45, 7) is 2.20. The molecular formula is C28H39FN4O2. The van der Waals surface area contributed by atoms with E-state index in [1.165, 1.54) is 5.57 Å². The highest BCUT2D eigenvalue weighted by Crippen LogP contribution is 2.65. The van der Waals surface area contributed by atoms with Crippen LogP contribution in [0.4, 0.5) is 10.2 Å². The standard InChI is InChI=1S/C26H32FN3O2.C2H7N/c1-24-10-11-25(27)14-17-12-18(31)4-2-15(17)8-9-26(25,32)22(24)7-6-20(24)16-3-5-19-21(13-16)29-30-23(19)28;1-3-2/h3,5-6,13-15,18,22,31-32H,2,4,7-12H2,1H3,(H3,28,29,30);3H,1-2H3/t15?,18?,22?,24?,25?,26-;/m0./s1. The van der Waals surface area contributed by atoms with Gasteiger partial charge in [-0.25, -0.2) is 4.39 Å². The summed E-state index contributed by atoms with van der Waals surface area (Å²) < 4.78 is 16.7. The number of nitrogen functional groups attached to an aromatic ring is 1. The number of aromatic amines is 1. The number of nitrogens with zero attached hydrogens (tertiary/aromatic N) is 1. The Morgan fingerprint density at radius 2 is 1.94 bits per heavy atom. The number of nitrogens with one attached hydrogen (secondary N) is 2. The van der Waals surface area contributed by atoms with Crippen molar-refractivity contribution in [3.8, 4) is 0 Å². The first-order valence-electron chi connectivity index (χ1n) is 13.0. The van der Waals surface area contributed by atoms with Gasteiger partial charge in [0, 0.05) is 11.3 Å². The van der Waals surface area contributed by atoms with Crippen molar-refractivity contribution in [1.29, 1.82) is 0 Å². The van der Waals surface area contributed by atoms with Crippen LogP contribution < -0.4 is 11.1 Å². The quantitative estimate of drug-likeness (QED) is 0.385. The fourth-order valence-electron chi connectivity index (χ4n) is 7.44. The summed E-state index contributed by atoms with van der Waals surface area (Å²) in [7, 11) is 3.75. The molecule has 6 nitrogen and oxygen atoms in total. The number of rotatable bonds is 1. The SMILES string of the molecule is CC12CCC3(F)C=C4CC(O)CCC4CC[C@]3(O)C1CC=C2c1ccc2c(N)n[nH]c2c1.CNC. The molecule has 0 aliphatic heterocycles. The number of aliphatic hydroxyl groups is 2. The average molecular weight is 483 g/mol. The van der Waals surface area contributed by atoms with Crippen LogP contribution in [0.2, 0.25) is 0 Å². The van der Waals surface area contributed by atoms with E-state index >= 15 is 4.39 Å². The molecule has 7 heteroatoms. The van der Waals surface area contributed by atoms with Gasteiger partial charge in [-0.1, -0.05) is 24.6 Å². The molecule has 4 aliphatic rings. The van der Waals surface area contributed by atoms with E-state index in [0.29, 0.717) is 37.9 Å². The van der Waals surface area contributed by atoms with Crippen molar-refractivity contribution in [1.82, 2.24) is 15.5 Å². The van der Waals surface area contributed by atoms with Gasteiger partial charge in [-0.15, -0.1) is 0 Å². The zero-order valence-corrected chi connectivity index (χ0v) is 21.1. The molecule has 190 valence electrons. The lowest BCUT2D eigenvalue weighted by Gasteiger charge is -2.55. The number of alkyl halides is 1. The Hall–Kier alpha value is -2.22. The highest BCUT2D eigenvalue weighted by Gasteiger charge is 2.65. The van der Waals surface area contributed by atoms with Crippen molar-refractivity contribution in [2.75, 3.05) is 19.8 Å². The van der Waals surface area contributed by atoms with Gasteiger partial charge in [0.1, 0.15) is 5.60 Å². The molecule has 4 aliphatic carbocycles. The summed E-state index contributed by atoms with van der Waals surface area (Å²) in [5.74, 6) is 0.602. The van der Waals surface area contributed by atoms with Crippen molar-refractivity contribution in [2.45, 2.75) is 75.7 Å². The van der Waals surface area contributed by atoms with Crippen LogP contribution in [0, 0.1) is 17.3 Å². The minimum Gasteiger partial charge on any atom is -0.393 e. The van der Waals surface area contributed by atoms with Crippen molar-refractivity contribution >= 4 is 22.3 Å². The maximum atomic E-state index is 16.7. The molecule has 0 spiro atoms. The van der Waals surface area contributed by atoms with Crippen LogP contribution in [0.3, 0.4) is 0 Å². The highest BCUT2D eigenvalue weighted by atomic mass is 19.1. The maximum absolute atomic E-state index is 16.7. The third kappa shape index (κ3) is 3.74. The monoisotopic (exact) mass is 482 g/mol. The molecule has 1 heterocycles. The van der Waals surface area contributed by atoms with E-state index in [0.717, 1.165) is 41.3 Å². The lowest BCUT2D eigenvalue weighted by atomic mass is 9.53. The zero-order valence-electron chi connectivity index (χ0n) is 21.1. The zero-order chi connectivity index (χ0) is 25.0. The van der Waals surface area contributed by atoms with Crippen molar-refractivity contribution in [2.24, 2.45) is 17.3 Å². The topological polar surface area (TPSA) is 107 Å². The number of halogens is 1. The molecular weight excluding hydrogens is 443 g/mol. The molecule has 0 radical (unpaired) electrons. The predicted molar refractivity (Wildman–Crippen MR) is 138 cm³/mol. The van der Waals surface area contributed by atoms with E-state index in [4.69, 9.17) is 5.73 Å².